The van der Waals surface area contributed by atoms with Gasteiger partial charge in [0.1, 0.15) is 17.2 Å². The van der Waals surface area contributed by atoms with E-state index in [-0.39, 0.29) is 5.91 Å². The van der Waals surface area contributed by atoms with Gasteiger partial charge in [-0.25, -0.2) is 9.97 Å². The monoisotopic (exact) mass is 464 g/mol. The number of carbonyl (C=O) groups excluding carboxylic acids is 1. The van der Waals surface area contributed by atoms with Crippen LogP contribution in [0.25, 0.3) is 17.1 Å². The molecule has 1 saturated heterocycles. The summed E-state index contributed by atoms with van der Waals surface area (Å²) in [5.74, 6) is 6.90. The minimum absolute atomic E-state index is 0.00897. The lowest BCUT2D eigenvalue weighted by Gasteiger charge is -2.26. The van der Waals surface area contributed by atoms with E-state index in [1.807, 2.05) is 25.3 Å². The fourth-order valence-electron chi connectivity index (χ4n) is 3.89. The molecule has 0 bridgehead atoms. The molecule has 0 radical (unpaired) electrons. The van der Waals surface area contributed by atoms with Crippen LogP contribution in [0.2, 0.25) is 0 Å². The lowest BCUT2D eigenvalue weighted by Crippen LogP contribution is -2.40. The number of H-pyrrole nitrogens is 2. The number of amides is 1. The van der Waals surface area contributed by atoms with Crippen LogP contribution < -0.4 is 0 Å². The first-order valence-electron chi connectivity index (χ1n) is 11.3. The summed E-state index contributed by atoms with van der Waals surface area (Å²) in [6, 6.07) is 11.0. The molecule has 8 heteroatoms. The lowest BCUT2D eigenvalue weighted by molar-refractivity contribution is 0.0303. The molecule has 0 saturated carbocycles. The third-order valence-corrected chi connectivity index (χ3v) is 5.73. The number of aryl methyl sites for hydroxylation is 1. The Bertz CT molecular complexity index is 1480. The van der Waals surface area contributed by atoms with Crippen molar-refractivity contribution in [3.63, 3.8) is 0 Å². The number of fused-ring (bicyclic) bond motifs is 1. The van der Waals surface area contributed by atoms with Crippen molar-refractivity contribution >= 4 is 28.7 Å². The maximum absolute atomic E-state index is 12.6. The van der Waals surface area contributed by atoms with Gasteiger partial charge in [-0.15, -0.1) is 0 Å². The van der Waals surface area contributed by atoms with E-state index in [1.165, 1.54) is 0 Å². The van der Waals surface area contributed by atoms with E-state index in [1.54, 1.807) is 47.5 Å². The molecule has 35 heavy (non-hydrogen) atoms. The first-order chi connectivity index (χ1) is 17.1. The minimum Gasteiger partial charge on any atom is -0.378 e. The van der Waals surface area contributed by atoms with Crippen molar-refractivity contribution in [2.75, 3.05) is 26.3 Å². The third kappa shape index (κ3) is 5.05. The van der Waals surface area contributed by atoms with E-state index in [2.05, 4.69) is 31.8 Å². The molecule has 1 aromatic carbocycles. The molecule has 3 aromatic heterocycles. The Hall–Kier alpha value is -4.48. The van der Waals surface area contributed by atoms with Crippen molar-refractivity contribution in [2.24, 2.45) is 0 Å². The molecular weight excluding hydrogens is 440 g/mol. The third-order valence-electron chi connectivity index (χ3n) is 5.73. The van der Waals surface area contributed by atoms with Gasteiger partial charge in [0.2, 0.25) is 0 Å². The van der Waals surface area contributed by atoms with Crippen LogP contribution in [-0.2, 0) is 4.74 Å². The van der Waals surface area contributed by atoms with Crippen molar-refractivity contribution in [3.8, 4) is 11.8 Å². The van der Waals surface area contributed by atoms with E-state index >= 15 is 0 Å². The highest BCUT2D eigenvalue weighted by Crippen LogP contribution is 2.16. The smallest absolute Gasteiger partial charge is 0.254 e. The summed E-state index contributed by atoms with van der Waals surface area (Å²) < 4.78 is 5.30. The number of benzene rings is 1. The van der Waals surface area contributed by atoms with Gasteiger partial charge in [-0.3, -0.25) is 4.79 Å². The number of aromatic amines is 2. The van der Waals surface area contributed by atoms with Crippen molar-refractivity contribution in [1.82, 2.24) is 24.8 Å². The Morgan fingerprint density at radius 2 is 1.91 bits per heavy atom. The van der Waals surface area contributed by atoms with Crippen LogP contribution in [0.1, 0.15) is 38.7 Å². The Morgan fingerprint density at radius 1 is 1.14 bits per heavy atom. The maximum Gasteiger partial charge on any atom is 0.254 e. The van der Waals surface area contributed by atoms with E-state index in [0.717, 1.165) is 27.9 Å². The number of allylic oxidation sites excluding steroid dienone is 1. The zero-order valence-corrected chi connectivity index (χ0v) is 19.3. The van der Waals surface area contributed by atoms with Crippen molar-refractivity contribution in [2.45, 2.75) is 6.92 Å². The molecule has 4 aromatic rings. The second-order valence-corrected chi connectivity index (χ2v) is 8.21. The molecule has 1 aliphatic heterocycles. The first kappa shape index (κ1) is 22.3. The van der Waals surface area contributed by atoms with Gasteiger partial charge in [0.25, 0.3) is 5.91 Å². The maximum atomic E-state index is 12.6. The Labute approximate surface area is 202 Å². The Morgan fingerprint density at radius 3 is 2.71 bits per heavy atom. The number of ether oxygens (including phenoxy) is 1. The molecule has 1 fully saturated rings. The van der Waals surface area contributed by atoms with Gasteiger partial charge in [-0.05, 0) is 54.8 Å². The van der Waals surface area contributed by atoms with E-state index in [9.17, 15) is 4.79 Å². The Balaban J connectivity index is 1.24. The summed E-state index contributed by atoms with van der Waals surface area (Å²) in [5, 5.41) is 9.34. The topological polar surface area (TPSA) is 111 Å². The highest BCUT2D eigenvalue weighted by molar-refractivity contribution is 6.09. The largest absolute Gasteiger partial charge is 0.378 e. The number of nitrogens with zero attached hydrogens (tertiary/aromatic N) is 3. The van der Waals surface area contributed by atoms with Crippen LogP contribution >= 0.6 is 0 Å². The highest BCUT2D eigenvalue weighted by Gasteiger charge is 2.18. The van der Waals surface area contributed by atoms with Crippen molar-refractivity contribution < 1.29 is 9.53 Å². The predicted molar refractivity (Wildman–Crippen MR) is 134 cm³/mol. The van der Waals surface area contributed by atoms with Crippen LogP contribution in [-0.4, -0.2) is 62.8 Å². The minimum atomic E-state index is -0.00897. The van der Waals surface area contributed by atoms with Gasteiger partial charge in [-0.2, -0.15) is 0 Å². The van der Waals surface area contributed by atoms with Crippen LogP contribution in [0.4, 0.5) is 0 Å². The van der Waals surface area contributed by atoms with Crippen LogP contribution in [0.3, 0.4) is 0 Å². The number of imidazole rings is 1. The predicted octanol–water partition coefficient (Wildman–Crippen LogP) is 3.55. The number of rotatable bonds is 4. The highest BCUT2D eigenvalue weighted by atomic mass is 16.5. The van der Waals surface area contributed by atoms with Crippen molar-refractivity contribution in [3.05, 3.63) is 88.8 Å². The lowest BCUT2D eigenvalue weighted by atomic mass is 10.1. The van der Waals surface area contributed by atoms with Gasteiger partial charge in [0.15, 0.2) is 0 Å². The zero-order valence-electron chi connectivity index (χ0n) is 19.3. The van der Waals surface area contributed by atoms with Gasteiger partial charge >= 0.3 is 0 Å². The summed E-state index contributed by atoms with van der Waals surface area (Å²) in [6.45, 7) is 4.29. The number of hydrogen-bond donors (Lipinski definition) is 3. The zero-order chi connectivity index (χ0) is 24.2. The standard InChI is InChI=1S/C27H24N6O2/c1-18-16-21(23-10-11-29-26(23)31-18)6-7-22-17-30-25(32-22)9-8-24(28)19-2-4-20(5-3-19)27(34)33-12-14-35-15-13-33/h2-5,8-11,16-17,28H,12-15H2,1H3,(H,29,31)(H,30,32)/b9-8-,28-24?. The molecule has 0 spiro atoms. The number of nitrogens with one attached hydrogen (secondary N) is 3. The second kappa shape index (κ2) is 9.79. The van der Waals surface area contributed by atoms with E-state index < -0.39 is 0 Å². The average Bonchev–Trinajstić information content (AvgIpc) is 3.55. The molecule has 0 unspecified atom stereocenters. The SMILES string of the molecule is Cc1cc(C#Cc2cnc(/C=C\C(=N)c3ccc(C(=O)N4CCOCC4)cc3)[nH]2)c2cc[nH]c2n1. The van der Waals surface area contributed by atoms with Gasteiger partial charge in [0, 0.05) is 41.5 Å². The number of pyridine rings is 1. The number of hydrogen-bond acceptors (Lipinski definition) is 5. The van der Waals surface area contributed by atoms with Crippen molar-refractivity contribution in [1.29, 1.82) is 5.41 Å². The fourth-order valence-corrected chi connectivity index (χ4v) is 3.89. The quantitative estimate of drug-likeness (QED) is 0.317. The van der Waals surface area contributed by atoms with Gasteiger partial charge in [0.05, 0.1) is 25.1 Å². The molecule has 0 atom stereocenters. The molecule has 0 aliphatic carbocycles. The summed E-state index contributed by atoms with van der Waals surface area (Å²) in [4.78, 5) is 29.4. The molecule has 4 heterocycles. The number of morpholine rings is 1. The van der Waals surface area contributed by atoms with Crippen LogP contribution in [0.5, 0.6) is 0 Å². The molecule has 5 rings (SSSR count). The van der Waals surface area contributed by atoms with Gasteiger partial charge in [-0.1, -0.05) is 18.1 Å². The molecule has 1 aliphatic rings. The summed E-state index contributed by atoms with van der Waals surface area (Å²) in [6.07, 6.45) is 6.93. The molecule has 3 N–H and O–H groups in total. The van der Waals surface area contributed by atoms with Gasteiger partial charge < -0.3 is 25.0 Å². The normalized spacial score (nSPS) is 13.7. The molecule has 8 nitrogen and oxygen atoms in total. The molecular formula is C27H24N6O2. The Kier molecular flexibility index (Phi) is 6.24. The summed E-state index contributed by atoms with van der Waals surface area (Å²) in [7, 11) is 0. The average molecular weight is 465 g/mol. The molecule has 1 amide bonds. The summed E-state index contributed by atoms with van der Waals surface area (Å²) in [5.41, 5.74) is 4.95. The molecule has 174 valence electrons. The fraction of sp³-hybridized carbons (Fsp3) is 0.185. The summed E-state index contributed by atoms with van der Waals surface area (Å²) >= 11 is 0. The van der Waals surface area contributed by atoms with Crippen LogP contribution in [0.15, 0.2) is 54.9 Å². The number of aromatic nitrogens is 4. The second-order valence-electron chi connectivity index (χ2n) is 8.21. The van der Waals surface area contributed by atoms with Crippen LogP contribution in [0, 0.1) is 24.2 Å². The van der Waals surface area contributed by atoms with E-state index in [4.69, 9.17) is 10.1 Å². The number of carbonyl (C=O) groups is 1. The van der Waals surface area contributed by atoms with E-state index in [0.29, 0.717) is 49.1 Å². The first-order valence-corrected chi connectivity index (χ1v) is 11.3.